The third kappa shape index (κ3) is 8.29. The summed E-state index contributed by atoms with van der Waals surface area (Å²) in [5, 5.41) is 8.06. The van der Waals surface area contributed by atoms with Gasteiger partial charge in [-0.2, -0.15) is 0 Å². The van der Waals surface area contributed by atoms with Crippen molar-refractivity contribution in [3.8, 4) is 11.5 Å². The number of hydrogen-bond donors (Lipinski definition) is 3. The van der Waals surface area contributed by atoms with Crippen LogP contribution in [0.4, 0.5) is 16.4 Å². The normalized spacial score (nSPS) is 11.2. The number of hydrogen-bond acceptors (Lipinski definition) is 9. The summed E-state index contributed by atoms with van der Waals surface area (Å²) in [6.07, 6.45) is 0. The van der Waals surface area contributed by atoms with Crippen molar-refractivity contribution >= 4 is 63.2 Å². The van der Waals surface area contributed by atoms with Crippen LogP contribution in [0.3, 0.4) is 0 Å². The summed E-state index contributed by atoms with van der Waals surface area (Å²) in [5.74, 6) is -0.930. The van der Waals surface area contributed by atoms with Crippen LogP contribution in [-0.4, -0.2) is 45.0 Å². The third-order valence-electron chi connectivity index (χ3n) is 7.34. The first-order chi connectivity index (χ1) is 23.7. The lowest BCUT2D eigenvalue weighted by atomic mass is 10.1. The van der Waals surface area contributed by atoms with Gasteiger partial charge in [-0.25, -0.2) is 4.79 Å². The Hall–Kier alpha value is -5.59. The molecule has 1 unspecified atom stereocenters. The molecule has 4 aromatic carbocycles. The zero-order chi connectivity index (χ0) is 34.9. The van der Waals surface area contributed by atoms with Crippen LogP contribution in [0.1, 0.15) is 46.8 Å². The van der Waals surface area contributed by atoms with Gasteiger partial charge in [-0.3, -0.25) is 14.4 Å². The van der Waals surface area contributed by atoms with Crippen molar-refractivity contribution in [1.82, 2.24) is 0 Å². The second-order valence-corrected chi connectivity index (χ2v) is 12.7. The Balaban J connectivity index is 1.40. The quantitative estimate of drug-likeness (QED) is 0.0889. The Bertz CT molecular complexity index is 1980. The number of carbonyl (C=O) groups excluding carboxylic acids is 4. The topological polar surface area (TPSA) is 132 Å². The molecule has 10 nitrogen and oxygen atoms in total. The zero-order valence-electron chi connectivity index (χ0n) is 27.1. The molecular formula is C37H33N3O7S2. The average molecular weight is 696 g/mol. The molecule has 0 aliphatic carbocycles. The maximum Gasteiger partial charge on any atom is 0.341 e. The molecule has 49 heavy (non-hydrogen) atoms. The van der Waals surface area contributed by atoms with Gasteiger partial charge < -0.3 is 30.2 Å². The standard InChI is InChI=1S/C37H33N3O7S2/c1-22-30(37(44)47-4)36(49-31(22)34(42)38-25-14-9-6-10-15-25)40-35(43)32(23-12-7-5-8-13-23)48-27-17-11-16-26(21-27)39-33(41)24-18-19-28(45-2)29(20-24)46-3/h5-21,32H,1-4H3,(H,38,42)(H,39,41)(H,40,43). The summed E-state index contributed by atoms with van der Waals surface area (Å²) in [6, 6.07) is 30.1. The lowest BCUT2D eigenvalue weighted by Crippen LogP contribution is -2.20. The molecule has 1 atom stereocenters. The minimum atomic E-state index is -0.771. The van der Waals surface area contributed by atoms with Crippen molar-refractivity contribution < 1.29 is 33.4 Å². The number of methoxy groups -OCH3 is 3. The SMILES string of the molecule is COC(=O)c1c(NC(=O)C(Sc2cccc(NC(=O)c3ccc(OC)c(OC)c3)c2)c2ccccc2)sc(C(=O)Nc2ccccc2)c1C. The number of nitrogens with one attached hydrogen (secondary N) is 3. The van der Waals surface area contributed by atoms with Crippen LogP contribution in [0.5, 0.6) is 11.5 Å². The lowest BCUT2D eigenvalue weighted by Gasteiger charge is -2.18. The van der Waals surface area contributed by atoms with E-state index in [0.29, 0.717) is 44.5 Å². The first-order valence-electron chi connectivity index (χ1n) is 15.0. The van der Waals surface area contributed by atoms with Gasteiger partial charge in [0.2, 0.25) is 5.91 Å². The van der Waals surface area contributed by atoms with Crippen LogP contribution in [0.2, 0.25) is 0 Å². The van der Waals surface area contributed by atoms with Crippen molar-refractivity contribution in [3.63, 3.8) is 0 Å². The van der Waals surface area contributed by atoms with E-state index in [9.17, 15) is 19.2 Å². The average Bonchev–Trinajstić information content (AvgIpc) is 3.45. The predicted octanol–water partition coefficient (Wildman–Crippen LogP) is 7.84. The van der Waals surface area contributed by atoms with E-state index < -0.39 is 23.0 Å². The molecule has 12 heteroatoms. The minimum Gasteiger partial charge on any atom is -0.493 e. The van der Waals surface area contributed by atoms with Gasteiger partial charge in [-0.05, 0) is 66.6 Å². The molecule has 250 valence electrons. The molecule has 0 aliphatic rings. The van der Waals surface area contributed by atoms with Crippen molar-refractivity contribution in [2.24, 2.45) is 0 Å². The van der Waals surface area contributed by atoms with Gasteiger partial charge in [0.25, 0.3) is 11.8 Å². The van der Waals surface area contributed by atoms with Crippen LogP contribution in [0.25, 0.3) is 0 Å². The predicted molar refractivity (Wildman–Crippen MR) is 192 cm³/mol. The number of carbonyl (C=O) groups is 4. The number of thiophene rings is 1. The molecule has 1 aromatic heterocycles. The van der Waals surface area contributed by atoms with E-state index in [1.165, 1.54) is 33.1 Å². The number of ether oxygens (including phenoxy) is 3. The summed E-state index contributed by atoms with van der Waals surface area (Å²) >= 11 is 2.26. The Morgan fingerprint density at radius 2 is 1.35 bits per heavy atom. The maximum absolute atomic E-state index is 14.1. The minimum absolute atomic E-state index is 0.107. The number of amides is 3. The van der Waals surface area contributed by atoms with Crippen LogP contribution in [-0.2, 0) is 9.53 Å². The first-order valence-corrected chi connectivity index (χ1v) is 16.7. The molecule has 0 aliphatic heterocycles. The first kappa shape index (κ1) is 34.7. The second kappa shape index (κ2) is 16.0. The van der Waals surface area contributed by atoms with Gasteiger partial charge in [-0.1, -0.05) is 54.6 Å². The van der Waals surface area contributed by atoms with Crippen molar-refractivity contribution in [3.05, 3.63) is 130 Å². The number of benzene rings is 4. The molecule has 0 fully saturated rings. The van der Waals surface area contributed by atoms with Crippen LogP contribution in [0.15, 0.2) is 108 Å². The number of esters is 1. The molecule has 5 aromatic rings. The molecule has 0 radical (unpaired) electrons. The Morgan fingerprint density at radius 1 is 0.694 bits per heavy atom. The number of para-hydroxylation sites is 1. The number of anilines is 3. The summed E-state index contributed by atoms with van der Waals surface area (Å²) in [7, 11) is 4.26. The number of thioether (sulfide) groups is 1. The Morgan fingerprint density at radius 3 is 2.02 bits per heavy atom. The Kier molecular flexibility index (Phi) is 11.3. The van der Waals surface area contributed by atoms with Crippen LogP contribution < -0.4 is 25.4 Å². The monoisotopic (exact) mass is 695 g/mol. The van der Waals surface area contributed by atoms with Gasteiger partial charge in [0.1, 0.15) is 10.3 Å². The van der Waals surface area contributed by atoms with E-state index in [-0.39, 0.29) is 21.3 Å². The van der Waals surface area contributed by atoms with Crippen molar-refractivity contribution in [2.45, 2.75) is 17.1 Å². The Labute approximate surface area is 291 Å². The van der Waals surface area contributed by atoms with Gasteiger partial charge >= 0.3 is 5.97 Å². The highest BCUT2D eigenvalue weighted by Gasteiger charge is 2.29. The fraction of sp³-hybridized carbons (Fsp3) is 0.135. The largest absolute Gasteiger partial charge is 0.493 e. The molecule has 5 rings (SSSR count). The van der Waals surface area contributed by atoms with E-state index in [1.807, 2.05) is 42.5 Å². The van der Waals surface area contributed by atoms with E-state index in [4.69, 9.17) is 14.2 Å². The number of rotatable bonds is 12. The van der Waals surface area contributed by atoms with Gasteiger partial charge in [0.05, 0.1) is 31.8 Å². The van der Waals surface area contributed by atoms with Gasteiger partial charge in [0.15, 0.2) is 11.5 Å². The summed E-state index contributed by atoms with van der Waals surface area (Å²) in [6.45, 7) is 1.64. The summed E-state index contributed by atoms with van der Waals surface area (Å²) in [4.78, 5) is 54.3. The van der Waals surface area contributed by atoms with Crippen LogP contribution in [0, 0.1) is 6.92 Å². The highest BCUT2D eigenvalue weighted by atomic mass is 32.2. The highest BCUT2D eigenvalue weighted by Crippen LogP contribution is 2.40. The lowest BCUT2D eigenvalue weighted by molar-refractivity contribution is -0.115. The van der Waals surface area contributed by atoms with Gasteiger partial charge in [0, 0.05) is 21.8 Å². The van der Waals surface area contributed by atoms with Crippen molar-refractivity contribution in [2.75, 3.05) is 37.3 Å². The van der Waals surface area contributed by atoms with E-state index in [1.54, 1.807) is 67.6 Å². The summed E-state index contributed by atoms with van der Waals surface area (Å²) in [5.41, 5.74) is 2.70. The van der Waals surface area contributed by atoms with Crippen molar-refractivity contribution in [1.29, 1.82) is 0 Å². The molecular weight excluding hydrogens is 663 g/mol. The third-order valence-corrected chi connectivity index (χ3v) is 9.80. The van der Waals surface area contributed by atoms with E-state index in [2.05, 4.69) is 16.0 Å². The molecule has 0 saturated carbocycles. The molecule has 1 heterocycles. The second-order valence-electron chi connectivity index (χ2n) is 10.5. The fourth-order valence-electron chi connectivity index (χ4n) is 4.92. The van der Waals surface area contributed by atoms with Gasteiger partial charge in [-0.15, -0.1) is 23.1 Å². The molecule has 0 spiro atoms. The maximum atomic E-state index is 14.1. The highest BCUT2D eigenvalue weighted by molar-refractivity contribution is 8.00. The molecule has 3 amide bonds. The zero-order valence-corrected chi connectivity index (χ0v) is 28.7. The van der Waals surface area contributed by atoms with E-state index >= 15 is 0 Å². The molecule has 3 N–H and O–H groups in total. The molecule has 0 saturated heterocycles. The van der Waals surface area contributed by atoms with Crippen LogP contribution >= 0.6 is 23.1 Å². The smallest absolute Gasteiger partial charge is 0.341 e. The van der Waals surface area contributed by atoms with E-state index in [0.717, 1.165) is 11.3 Å². The molecule has 0 bridgehead atoms. The summed E-state index contributed by atoms with van der Waals surface area (Å²) < 4.78 is 15.6. The fourth-order valence-corrected chi connectivity index (χ4v) is 7.09.